The number of carboxylic acid groups (broad SMARTS) is 1. The van der Waals surface area contributed by atoms with E-state index in [0.717, 1.165) is 4.90 Å². The van der Waals surface area contributed by atoms with E-state index in [2.05, 4.69) is 0 Å². The van der Waals surface area contributed by atoms with Gasteiger partial charge in [0.1, 0.15) is 0 Å². The molecular formula is C10H13NO4. The molecule has 2 saturated heterocycles. The summed E-state index contributed by atoms with van der Waals surface area (Å²) >= 11 is 0. The lowest BCUT2D eigenvalue weighted by atomic mass is 9.69. The third-order valence-electron chi connectivity index (χ3n) is 3.22. The summed E-state index contributed by atoms with van der Waals surface area (Å²) in [7, 11) is 0. The normalized spacial score (nSPS) is 31.1. The van der Waals surface area contributed by atoms with Gasteiger partial charge in [-0.25, -0.2) is 0 Å². The highest BCUT2D eigenvalue weighted by atomic mass is 16.4. The Kier molecular flexibility index (Phi) is 2.25. The summed E-state index contributed by atoms with van der Waals surface area (Å²) < 4.78 is 0. The fourth-order valence-corrected chi connectivity index (χ4v) is 2.30. The van der Waals surface area contributed by atoms with Gasteiger partial charge in [-0.1, -0.05) is 0 Å². The van der Waals surface area contributed by atoms with E-state index in [4.69, 9.17) is 5.11 Å². The van der Waals surface area contributed by atoms with Crippen molar-refractivity contribution in [3.63, 3.8) is 0 Å². The van der Waals surface area contributed by atoms with Crippen LogP contribution in [0.5, 0.6) is 0 Å². The van der Waals surface area contributed by atoms with Crippen molar-refractivity contribution in [2.24, 2.45) is 11.8 Å². The molecule has 1 aliphatic carbocycles. The van der Waals surface area contributed by atoms with Crippen molar-refractivity contribution in [3.05, 3.63) is 0 Å². The van der Waals surface area contributed by atoms with Crippen LogP contribution < -0.4 is 0 Å². The molecule has 82 valence electrons. The van der Waals surface area contributed by atoms with E-state index in [9.17, 15) is 14.4 Å². The zero-order chi connectivity index (χ0) is 11.2. The monoisotopic (exact) mass is 211 g/mol. The standard InChI is InChI=1S/C10H13NO4/c1-5(2-8(12)13)11-9(14)6-3-7(4-6)10(11)15/h5-7H,2-4H2,1H3,(H,12,13). The summed E-state index contributed by atoms with van der Waals surface area (Å²) in [4.78, 5) is 35.1. The lowest BCUT2D eigenvalue weighted by Crippen LogP contribution is -2.59. The minimum absolute atomic E-state index is 0.0380. The van der Waals surface area contributed by atoms with E-state index in [-0.39, 0.29) is 30.1 Å². The van der Waals surface area contributed by atoms with Crippen LogP contribution in [0, 0.1) is 11.8 Å². The summed E-state index contributed by atoms with van der Waals surface area (Å²) in [5.74, 6) is -1.43. The molecule has 5 heteroatoms. The number of rotatable bonds is 3. The molecule has 2 amide bonds. The van der Waals surface area contributed by atoms with E-state index < -0.39 is 12.0 Å². The fourth-order valence-electron chi connectivity index (χ4n) is 2.30. The maximum atomic E-state index is 11.7. The molecule has 1 saturated carbocycles. The Balaban J connectivity index is 2.10. The van der Waals surface area contributed by atoms with Gasteiger partial charge in [-0.05, 0) is 19.8 Å². The first-order valence-corrected chi connectivity index (χ1v) is 5.09. The smallest absolute Gasteiger partial charge is 0.305 e. The van der Waals surface area contributed by atoms with Crippen molar-refractivity contribution < 1.29 is 19.5 Å². The molecule has 3 aliphatic rings. The molecule has 2 aliphatic heterocycles. The van der Waals surface area contributed by atoms with Gasteiger partial charge < -0.3 is 5.11 Å². The second kappa shape index (κ2) is 3.32. The fraction of sp³-hybridized carbons (Fsp3) is 0.700. The molecule has 1 unspecified atom stereocenters. The lowest BCUT2D eigenvalue weighted by Gasteiger charge is -2.46. The first kappa shape index (κ1) is 10.1. The number of amides is 2. The van der Waals surface area contributed by atoms with Crippen LogP contribution in [0.1, 0.15) is 26.2 Å². The molecule has 3 fully saturated rings. The van der Waals surface area contributed by atoms with Crippen LogP contribution in [0.25, 0.3) is 0 Å². The Hall–Kier alpha value is -1.39. The summed E-state index contributed by atoms with van der Waals surface area (Å²) in [5, 5.41) is 8.61. The molecule has 1 N–H and O–H groups in total. The van der Waals surface area contributed by atoms with Crippen LogP contribution >= 0.6 is 0 Å². The average Bonchev–Trinajstić information content (AvgIpc) is 1.97. The molecule has 5 nitrogen and oxygen atoms in total. The van der Waals surface area contributed by atoms with E-state index in [1.54, 1.807) is 6.92 Å². The number of carbonyl (C=O) groups excluding carboxylic acids is 2. The van der Waals surface area contributed by atoms with Crippen molar-refractivity contribution in [3.8, 4) is 0 Å². The molecule has 0 aromatic rings. The minimum atomic E-state index is -0.984. The predicted octanol–water partition coefficient (Wildman–Crippen LogP) is 0.245. The zero-order valence-corrected chi connectivity index (χ0v) is 8.47. The van der Waals surface area contributed by atoms with Crippen LogP contribution in [0.15, 0.2) is 0 Å². The van der Waals surface area contributed by atoms with Gasteiger partial charge in [0.2, 0.25) is 11.8 Å². The Morgan fingerprint density at radius 2 is 1.87 bits per heavy atom. The average molecular weight is 211 g/mol. The molecule has 2 bridgehead atoms. The van der Waals surface area contributed by atoms with Gasteiger partial charge in [0, 0.05) is 17.9 Å². The highest BCUT2D eigenvalue weighted by molar-refractivity contribution is 6.03. The maximum Gasteiger partial charge on any atom is 0.305 e. The lowest BCUT2D eigenvalue weighted by molar-refractivity contribution is -0.168. The van der Waals surface area contributed by atoms with Gasteiger partial charge in [-0.15, -0.1) is 0 Å². The van der Waals surface area contributed by atoms with Crippen molar-refractivity contribution in [1.29, 1.82) is 0 Å². The number of carboxylic acids is 1. The first-order chi connectivity index (χ1) is 7.00. The molecule has 0 radical (unpaired) electrons. The molecule has 0 aromatic heterocycles. The number of aliphatic carboxylic acids is 1. The Morgan fingerprint density at radius 3 is 2.27 bits per heavy atom. The largest absolute Gasteiger partial charge is 0.481 e. The van der Waals surface area contributed by atoms with E-state index in [0.29, 0.717) is 12.8 Å². The van der Waals surface area contributed by atoms with Gasteiger partial charge >= 0.3 is 5.97 Å². The summed E-state index contributed by atoms with van der Waals surface area (Å²) in [6.07, 6.45) is 1.15. The van der Waals surface area contributed by atoms with E-state index in [1.165, 1.54) is 0 Å². The van der Waals surface area contributed by atoms with Crippen molar-refractivity contribution in [1.82, 2.24) is 4.90 Å². The highest BCUT2D eigenvalue weighted by Gasteiger charge is 2.51. The van der Waals surface area contributed by atoms with Crippen molar-refractivity contribution in [2.75, 3.05) is 0 Å². The summed E-state index contributed by atoms with van der Waals surface area (Å²) in [6.45, 7) is 1.61. The number of fused-ring (bicyclic) bond motifs is 2. The first-order valence-electron chi connectivity index (χ1n) is 5.09. The molecular weight excluding hydrogens is 198 g/mol. The molecule has 0 aromatic carbocycles. The van der Waals surface area contributed by atoms with Crippen LogP contribution in [-0.4, -0.2) is 33.8 Å². The number of imide groups is 1. The van der Waals surface area contributed by atoms with E-state index in [1.807, 2.05) is 0 Å². The Morgan fingerprint density at radius 1 is 1.40 bits per heavy atom. The van der Waals surface area contributed by atoms with Crippen LogP contribution in [0.2, 0.25) is 0 Å². The third-order valence-corrected chi connectivity index (χ3v) is 3.22. The zero-order valence-electron chi connectivity index (χ0n) is 8.47. The van der Waals surface area contributed by atoms with Gasteiger partial charge in [-0.3, -0.25) is 19.3 Å². The number of carbonyl (C=O) groups is 3. The van der Waals surface area contributed by atoms with Crippen LogP contribution in [-0.2, 0) is 14.4 Å². The number of nitrogens with zero attached hydrogens (tertiary/aromatic N) is 1. The minimum Gasteiger partial charge on any atom is -0.481 e. The molecule has 2 heterocycles. The Bertz CT molecular complexity index is 312. The Labute approximate surface area is 87.1 Å². The second-order valence-electron chi connectivity index (χ2n) is 4.36. The SMILES string of the molecule is CC(CC(=O)O)N1C(=O)C2CC(C2)C1=O. The maximum absolute atomic E-state index is 11.7. The van der Waals surface area contributed by atoms with Gasteiger partial charge in [0.15, 0.2) is 0 Å². The van der Waals surface area contributed by atoms with Gasteiger partial charge in [0.05, 0.1) is 6.42 Å². The predicted molar refractivity (Wildman–Crippen MR) is 49.8 cm³/mol. The number of hydrogen-bond acceptors (Lipinski definition) is 3. The third kappa shape index (κ3) is 1.52. The van der Waals surface area contributed by atoms with Crippen LogP contribution in [0.3, 0.4) is 0 Å². The number of hydrogen-bond donors (Lipinski definition) is 1. The second-order valence-corrected chi connectivity index (χ2v) is 4.36. The summed E-state index contributed by atoms with van der Waals surface area (Å²) in [5.41, 5.74) is 0. The van der Waals surface area contributed by atoms with Crippen LogP contribution in [0.4, 0.5) is 0 Å². The number of piperidine rings is 2. The molecule has 3 rings (SSSR count). The quantitative estimate of drug-likeness (QED) is 0.679. The molecule has 0 spiro atoms. The van der Waals surface area contributed by atoms with Crippen molar-refractivity contribution >= 4 is 17.8 Å². The highest BCUT2D eigenvalue weighted by Crippen LogP contribution is 2.42. The molecule has 1 atom stereocenters. The summed E-state index contributed by atoms with van der Waals surface area (Å²) in [6, 6.07) is -0.520. The van der Waals surface area contributed by atoms with E-state index >= 15 is 0 Å². The van der Waals surface area contributed by atoms with Gasteiger partial charge in [0.25, 0.3) is 0 Å². The molecule has 15 heavy (non-hydrogen) atoms. The van der Waals surface area contributed by atoms with Crippen molar-refractivity contribution in [2.45, 2.75) is 32.2 Å². The van der Waals surface area contributed by atoms with Gasteiger partial charge in [-0.2, -0.15) is 0 Å². The topological polar surface area (TPSA) is 74.7 Å².